The van der Waals surface area contributed by atoms with Crippen molar-refractivity contribution >= 4 is 33.4 Å². The summed E-state index contributed by atoms with van der Waals surface area (Å²) < 4.78 is 0.757. The Morgan fingerprint density at radius 3 is 2.90 bits per heavy atom. The molecule has 1 unspecified atom stereocenters. The highest BCUT2D eigenvalue weighted by Gasteiger charge is 2.34. The van der Waals surface area contributed by atoms with Gasteiger partial charge in [-0.05, 0) is 65.9 Å². The maximum atomic E-state index is 12.1. The largest absolute Gasteiger partial charge is 0.352 e. The van der Waals surface area contributed by atoms with E-state index >= 15 is 0 Å². The zero-order valence-electron chi connectivity index (χ0n) is 11.2. The molecule has 2 fully saturated rings. The van der Waals surface area contributed by atoms with E-state index in [2.05, 4.69) is 26.1 Å². The molecular formula is C15H18BrClN2O. The molecule has 5 heteroatoms. The average molecular weight is 358 g/mol. The van der Waals surface area contributed by atoms with E-state index in [0.29, 0.717) is 16.5 Å². The van der Waals surface area contributed by atoms with Crippen molar-refractivity contribution in [2.45, 2.75) is 25.3 Å². The number of carbonyl (C=O) groups is 1. The molecule has 1 saturated carbocycles. The Kier molecular flexibility index (Phi) is 4.34. The Hall–Kier alpha value is -0.580. The van der Waals surface area contributed by atoms with Crippen molar-refractivity contribution in [3.8, 4) is 0 Å². The molecule has 1 aromatic carbocycles. The van der Waals surface area contributed by atoms with Gasteiger partial charge < -0.3 is 10.2 Å². The first-order valence-corrected chi connectivity index (χ1v) is 8.28. The molecule has 0 radical (unpaired) electrons. The predicted molar refractivity (Wildman–Crippen MR) is 84.2 cm³/mol. The average Bonchev–Trinajstić information content (AvgIpc) is 3.18. The van der Waals surface area contributed by atoms with Crippen LogP contribution in [-0.4, -0.2) is 36.5 Å². The van der Waals surface area contributed by atoms with E-state index < -0.39 is 0 Å². The van der Waals surface area contributed by atoms with Crippen LogP contribution in [0.4, 0.5) is 0 Å². The van der Waals surface area contributed by atoms with Crippen molar-refractivity contribution in [1.29, 1.82) is 0 Å². The van der Waals surface area contributed by atoms with E-state index in [9.17, 15) is 4.79 Å². The third-order valence-electron chi connectivity index (χ3n) is 4.11. The lowest BCUT2D eigenvalue weighted by Gasteiger charge is -2.15. The summed E-state index contributed by atoms with van der Waals surface area (Å²) in [6, 6.07) is 6.10. The van der Waals surface area contributed by atoms with Gasteiger partial charge in [0.1, 0.15) is 0 Å². The monoisotopic (exact) mass is 356 g/mol. The van der Waals surface area contributed by atoms with Gasteiger partial charge in [-0.3, -0.25) is 4.79 Å². The van der Waals surface area contributed by atoms with Gasteiger partial charge in [0, 0.05) is 29.2 Å². The zero-order valence-corrected chi connectivity index (χ0v) is 13.6. The Balaban J connectivity index is 1.50. The number of benzene rings is 1. The summed E-state index contributed by atoms with van der Waals surface area (Å²) in [7, 11) is 0. The molecule has 0 spiro atoms. The molecule has 1 aliphatic carbocycles. The topological polar surface area (TPSA) is 32.3 Å². The van der Waals surface area contributed by atoms with Gasteiger partial charge in [0.05, 0.1) is 5.02 Å². The minimum atomic E-state index is -0.0211. The summed E-state index contributed by atoms with van der Waals surface area (Å²) in [4.78, 5) is 14.7. The number of hydrogen-bond acceptors (Lipinski definition) is 2. The molecule has 108 valence electrons. The maximum Gasteiger partial charge on any atom is 0.251 e. The Morgan fingerprint density at radius 1 is 1.40 bits per heavy atom. The van der Waals surface area contributed by atoms with Gasteiger partial charge in [0.2, 0.25) is 0 Å². The fraction of sp³-hybridized carbons (Fsp3) is 0.533. The number of likely N-dealkylation sites (tertiary alicyclic amines) is 1. The van der Waals surface area contributed by atoms with Crippen LogP contribution < -0.4 is 5.32 Å². The van der Waals surface area contributed by atoms with Crippen LogP contribution in [0.3, 0.4) is 0 Å². The Labute approximate surface area is 132 Å². The predicted octanol–water partition coefficient (Wildman–Crippen LogP) is 3.32. The lowest BCUT2D eigenvalue weighted by atomic mass is 10.1. The van der Waals surface area contributed by atoms with Gasteiger partial charge in [0.15, 0.2) is 0 Å². The van der Waals surface area contributed by atoms with E-state index in [4.69, 9.17) is 11.6 Å². The highest BCUT2D eigenvalue weighted by molar-refractivity contribution is 9.10. The Morgan fingerprint density at radius 2 is 2.20 bits per heavy atom. The van der Waals surface area contributed by atoms with Crippen molar-refractivity contribution < 1.29 is 4.79 Å². The maximum absolute atomic E-state index is 12.1. The molecule has 1 aliphatic heterocycles. The number of halogens is 2. The smallest absolute Gasteiger partial charge is 0.251 e. The fourth-order valence-electron chi connectivity index (χ4n) is 2.78. The number of amides is 1. The van der Waals surface area contributed by atoms with Crippen LogP contribution in [0.25, 0.3) is 0 Å². The molecule has 1 aromatic rings. The zero-order chi connectivity index (χ0) is 14.1. The minimum Gasteiger partial charge on any atom is -0.352 e. The third kappa shape index (κ3) is 3.35. The van der Waals surface area contributed by atoms with Crippen LogP contribution in [-0.2, 0) is 0 Å². The summed E-state index contributed by atoms with van der Waals surface area (Å²) in [5.41, 5.74) is 0.651. The van der Waals surface area contributed by atoms with Crippen LogP contribution in [0, 0.1) is 5.92 Å². The molecule has 1 N–H and O–H groups in total. The molecule has 3 nitrogen and oxygen atoms in total. The van der Waals surface area contributed by atoms with Crippen LogP contribution >= 0.6 is 27.5 Å². The van der Waals surface area contributed by atoms with Crippen LogP contribution in [0.15, 0.2) is 22.7 Å². The molecular weight excluding hydrogens is 340 g/mol. The van der Waals surface area contributed by atoms with E-state index in [1.165, 1.54) is 25.8 Å². The van der Waals surface area contributed by atoms with Crippen LogP contribution in [0.1, 0.15) is 29.6 Å². The normalized spacial score (nSPS) is 23.0. The number of rotatable bonds is 4. The number of nitrogens with zero attached hydrogens (tertiary/aromatic N) is 1. The van der Waals surface area contributed by atoms with Gasteiger partial charge in [-0.25, -0.2) is 0 Å². The Bertz CT molecular complexity index is 519. The quantitative estimate of drug-likeness (QED) is 0.896. The summed E-state index contributed by atoms with van der Waals surface area (Å²) >= 11 is 9.28. The minimum absolute atomic E-state index is 0.0211. The molecule has 2 aliphatic rings. The standard InChI is InChI=1S/C15H18BrClN2O/c16-13-7-11(1-4-14(13)17)15(20)18-8-10-5-6-19(9-10)12-2-3-12/h1,4,7,10,12H,2-3,5-6,8-9H2,(H,18,20). The van der Waals surface area contributed by atoms with Gasteiger partial charge in [-0.2, -0.15) is 0 Å². The van der Waals surface area contributed by atoms with Crippen molar-refractivity contribution in [1.82, 2.24) is 10.2 Å². The van der Waals surface area contributed by atoms with E-state index in [-0.39, 0.29) is 5.91 Å². The van der Waals surface area contributed by atoms with Gasteiger partial charge >= 0.3 is 0 Å². The van der Waals surface area contributed by atoms with Gasteiger partial charge in [-0.1, -0.05) is 11.6 Å². The second kappa shape index (κ2) is 6.04. The molecule has 3 rings (SSSR count). The van der Waals surface area contributed by atoms with E-state index in [0.717, 1.165) is 23.6 Å². The highest BCUT2D eigenvalue weighted by atomic mass is 79.9. The first-order valence-electron chi connectivity index (χ1n) is 7.11. The number of hydrogen-bond donors (Lipinski definition) is 1. The molecule has 20 heavy (non-hydrogen) atoms. The van der Waals surface area contributed by atoms with Crippen molar-refractivity contribution in [2.24, 2.45) is 5.92 Å². The highest BCUT2D eigenvalue weighted by Crippen LogP contribution is 2.31. The second-order valence-corrected chi connectivity index (χ2v) is 6.98. The first kappa shape index (κ1) is 14.4. The van der Waals surface area contributed by atoms with Crippen molar-refractivity contribution in [2.75, 3.05) is 19.6 Å². The van der Waals surface area contributed by atoms with Gasteiger partial charge in [0.25, 0.3) is 5.91 Å². The summed E-state index contributed by atoms with van der Waals surface area (Å²) in [6.07, 6.45) is 3.91. The molecule has 0 aromatic heterocycles. The third-order valence-corrected chi connectivity index (χ3v) is 5.33. The molecule has 0 bridgehead atoms. The van der Waals surface area contributed by atoms with Gasteiger partial charge in [-0.15, -0.1) is 0 Å². The summed E-state index contributed by atoms with van der Waals surface area (Å²) in [5, 5.41) is 3.66. The van der Waals surface area contributed by atoms with E-state index in [1.807, 2.05) is 0 Å². The van der Waals surface area contributed by atoms with Crippen LogP contribution in [0.2, 0.25) is 5.02 Å². The molecule has 1 saturated heterocycles. The summed E-state index contributed by atoms with van der Waals surface area (Å²) in [5.74, 6) is 0.572. The summed E-state index contributed by atoms with van der Waals surface area (Å²) in [6.45, 7) is 3.09. The van der Waals surface area contributed by atoms with E-state index in [1.54, 1.807) is 18.2 Å². The van der Waals surface area contributed by atoms with Crippen molar-refractivity contribution in [3.05, 3.63) is 33.3 Å². The van der Waals surface area contributed by atoms with Crippen molar-refractivity contribution in [3.63, 3.8) is 0 Å². The SMILES string of the molecule is O=C(NCC1CCN(C2CC2)C1)c1ccc(Cl)c(Br)c1. The lowest BCUT2D eigenvalue weighted by molar-refractivity contribution is 0.0947. The first-order chi connectivity index (χ1) is 9.63. The molecule has 1 amide bonds. The lowest BCUT2D eigenvalue weighted by Crippen LogP contribution is -2.31. The van der Waals surface area contributed by atoms with Crippen LogP contribution in [0.5, 0.6) is 0 Å². The molecule has 1 atom stereocenters. The second-order valence-electron chi connectivity index (χ2n) is 5.72. The number of nitrogens with one attached hydrogen (secondary N) is 1. The molecule has 1 heterocycles. The number of carbonyl (C=O) groups excluding carboxylic acids is 1. The fourth-order valence-corrected chi connectivity index (χ4v) is 3.27.